The second kappa shape index (κ2) is 7.89. The maximum absolute atomic E-state index is 12.5. The first-order valence-corrected chi connectivity index (χ1v) is 9.12. The number of hydrogen-bond acceptors (Lipinski definition) is 4. The number of benzene rings is 1. The summed E-state index contributed by atoms with van der Waals surface area (Å²) in [7, 11) is 0. The lowest BCUT2D eigenvalue weighted by Crippen LogP contribution is -2.35. The minimum absolute atomic E-state index is 0.0672. The predicted octanol–water partition coefficient (Wildman–Crippen LogP) is 3.53. The molecule has 5 nitrogen and oxygen atoms in total. The van der Waals surface area contributed by atoms with E-state index >= 15 is 0 Å². The molecular weight excluding hydrogens is 380 g/mol. The number of amides is 1. The number of halogens is 1. The Bertz CT molecular complexity index is 778. The zero-order valence-electron chi connectivity index (χ0n) is 14.1. The van der Waals surface area contributed by atoms with Gasteiger partial charge in [-0.3, -0.25) is 4.79 Å². The summed E-state index contributed by atoms with van der Waals surface area (Å²) in [6, 6.07) is 13.3. The summed E-state index contributed by atoms with van der Waals surface area (Å²) in [5.74, 6) is 0.809. The third-order valence-corrected chi connectivity index (χ3v) is 4.90. The number of carbonyl (C=O) groups is 1. The fraction of sp³-hybridized carbons (Fsp3) is 0.316. The van der Waals surface area contributed by atoms with E-state index in [2.05, 4.69) is 31.5 Å². The van der Waals surface area contributed by atoms with E-state index in [1.54, 1.807) is 0 Å². The standard InChI is InChI=1S/C19H21BrN4O/c1-12-7-8-17(20)23-18(12)24-19(25)16-10-13(11-22-16)9-15(21)14-5-3-2-4-6-14/h2-8,13,16,21-22H,9-11H2,1H3,(H,23,24,25)/t13-,16-/m0/s1. The Morgan fingerprint density at radius 3 is 2.84 bits per heavy atom. The second-order valence-electron chi connectivity index (χ2n) is 6.40. The van der Waals surface area contributed by atoms with Crippen LogP contribution in [0.1, 0.15) is 24.0 Å². The van der Waals surface area contributed by atoms with Crippen LogP contribution in [0.15, 0.2) is 47.1 Å². The second-order valence-corrected chi connectivity index (χ2v) is 7.21. The first-order valence-electron chi connectivity index (χ1n) is 8.33. The molecule has 0 radical (unpaired) electrons. The van der Waals surface area contributed by atoms with E-state index in [1.165, 1.54) is 0 Å². The van der Waals surface area contributed by atoms with Crippen LogP contribution in [0.25, 0.3) is 0 Å². The molecule has 3 N–H and O–H groups in total. The van der Waals surface area contributed by atoms with Crippen molar-refractivity contribution in [2.75, 3.05) is 11.9 Å². The minimum atomic E-state index is -0.242. The number of rotatable bonds is 5. The van der Waals surface area contributed by atoms with Crippen LogP contribution >= 0.6 is 15.9 Å². The van der Waals surface area contributed by atoms with Gasteiger partial charge < -0.3 is 16.0 Å². The molecule has 1 aliphatic heterocycles. The number of pyridine rings is 1. The van der Waals surface area contributed by atoms with Crippen molar-refractivity contribution in [1.29, 1.82) is 5.41 Å². The highest BCUT2D eigenvalue weighted by molar-refractivity contribution is 9.10. The summed E-state index contributed by atoms with van der Waals surface area (Å²) in [4.78, 5) is 16.8. The van der Waals surface area contributed by atoms with Gasteiger partial charge in [0.05, 0.1) is 6.04 Å². The van der Waals surface area contributed by atoms with Gasteiger partial charge in [0, 0.05) is 5.71 Å². The van der Waals surface area contributed by atoms with E-state index in [0.717, 1.165) is 24.1 Å². The molecule has 2 atom stereocenters. The zero-order chi connectivity index (χ0) is 17.8. The highest BCUT2D eigenvalue weighted by Gasteiger charge is 2.30. The number of aromatic nitrogens is 1. The van der Waals surface area contributed by atoms with Crippen molar-refractivity contribution in [2.45, 2.75) is 25.8 Å². The molecule has 0 bridgehead atoms. The quantitative estimate of drug-likeness (QED) is 0.530. The van der Waals surface area contributed by atoms with Gasteiger partial charge >= 0.3 is 0 Å². The molecule has 1 aromatic carbocycles. The summed E-state index contributed by atoms with van der Waals surface area (Å²) in [5.41, 5.74) is 2.50. The SMILES string of the molecule is Cc1ccc(Br)nc1NC(=O)[C@@H]1C[C@H](CC(=N)c2ccccc2)CN1. The average Bonchev–Trinajstić information content (AvgIpc) is 3.07. The molecule has 3 rings (SSSR count). The Labute approximate surface area is 155 Å². The lowest BCUT2D eigenvalue weighted by Gasteiger charge is -2.13. The maximum atomic E-state index is 12.5. The minimum Gasteiger partial charge on any atom is -0.309 e. The van der Waals surface area contributed by atoms with Gasteiger partial charge in [0.1, 0.15) is 10.4 Å². The number of carbonyl (C=O) groups excluding carboxylic acids is 1. The maximum Gasteiger partial charge on any atom is 0.242 e. The van der Waals surface area contributed by atoms with Crippen LogP contribution in [-0.2, 0) is 4.79 Å². The van der Waals surface area contributed by atoms with Gasteiger partial charge in [-0.1, -0.05) is 36.4 Å². The van der Waals surface area contributed by atoms with Gasteiger partial charge in [0.15, 0.2) is 0 Å². The third-order valence-electron chi connectivity index (χ3n) is 4.46. The highest BCUT2D eigenvalue weighted by atomic mass is 79.9. The number of hydrogen-bond donors (Lipinski definition) is 3. The smallest absolute Gasteiger partial charge is 0.242 e. The van der Waals surface area contributed by atoms with Crippen LogP contribution in [-0.4, -0.2) is 29.2 Å². The number of nitrogens with zero attached hydrogens (tertiary/aromatic N) is 1. The van der Waals surface area contributed by atoms with Crippen LogP contribution in [0.5, 0.6) is 0 Å². The number of anilines is 1. The molecule has 0 aliphatic carbocycles. The fourth-order valence-electron chi connectivity index (χ4n) is 3.05. The Balaban J connectivity index is 1.56. The Kier molecular flexibility index (Phi) is 5.60. The van der Waals surface area contributed by atoms with Gasteiger partial charge in [-0.05, 0) is 65.4 Å². The van der Waals surface area contributed by atoms with Gasteiger partial charge in [0.25, 0.3) is 0 Å². The van der Waals surface area contributed by atoms with Crippen molar-refractivity contribution in [2.24, 2.45) is 5.92 Å². The van der Waals surface area contributed by atoms with Crippen LogP contribution < -0.4 is 10.6 Å². The lowest BCUT2D eigenvalue weighted by molar-refractivity contribution is -0.117. The summed E-state index contributed by atoms with van der Waals surface area (Å²) >= 11 is 3.33. The molecule has 1 fully saturated rings. The first kappa shape index (κ1) is 17.8. The number of nitrogens with one attached hydrogen (secondary N) is 3. The van der Waals surface area contributed by atoms with E-state index in [4.69, 9.17) is 5.41 Å². The molecule has 0 unspecified atom stereocenters. The normalized spacial score (nSPS) is 19.6. The van der Waals surface area contributed by atoms with E-state index in [9.17, 15) is 4.79 Å². The predicted molar refractivity (Wildman–Crippen MR) is 103 cm³/mol. The molecular formula is C19H21BrN4O. The monoisotopic (exact) mass is 400 g/mol. The van der Waals surface area contributed by atoms with E-state index < -0.39 is 0 Å². The van der Waals surface area contributed by atoms with E-state index in [0.29, 0.717) is 28.5 Å². The third kappa shape index (κ3) is 4.52. The van der Waals surface area contributed by atoms with Crippen LogP contribution in [0, 0.1) is 18.3 Å². The van der Waals surface area contributed by atoms with Gasteiger partial charge in [-0.15, -0.1) is 0 Å². The molecule has 2 heterocycles. The molecule has 130 valence electrons. The lowest BCUT2D eigenvalue weighted by atomic mass is 9.95. The largest absolute Gasteiger partial charge is 0.309 e. The fourth-order valence-corrected chi connectivity index (χ4v) is 3.35. The Hall–Kier alpha value is -2.05. The van der Waals surface area contributed by atoms with Gasteiger partial charge in [0.2, 0.25) is 5.91 Å². The molecule has 1 aromatic heterocycles. The summed E-state index contributed by atoms with van der Waals surface area (Å²) < 4.78 is 0.696. The van der Waals surface area contributed by atoms with Crippen molar-refractivity contribution >= 4 is 33.4 Å². The Morgan fingerprint density at radius 1 is 1.32 bits per heavy atom. The summed E-state index contributed by atoms with van der Waals surface area (Å²) in [5, 5.41) is 14.4. The Morgan fingerprint density at radius 2 is 2.08 bits per heavy atom. The van der Waals surface area contributed by atoms with Crippen LogP contribution in [0.2, 0.25) is 0 Å². The molecule has 2 aromatic rings. The molecule has 6 heteroatoms. The van der Waals surface area contributed by atoms with Crippen molar-refractivity contribution in [3.63, 3.8) is 0 Å². The molecule has 1 amide bonds. The van der Waals surface area contributed by atoms with Gasteiger partial charge in [-0.25, -0.2) is 4.98 Å². The summed E-state index contributed by atoms with van der Waals surface area (Å²) in [6.45, 7) is 2.67. The van der Waals surface area contributed by atoms with Crippen molar-refractivity contribution in [3.8, 4) is 0 Å². The van der Waals surface area contributed by atoms with E-state index in [1.807, 2.05) is 49.4 Å². The zero-order valence-corrected chi connectivity index (χ0v) is 15.6. The molecule has 25 heavy (non-hydrogen) atoms. The summed E-state index contributed by atoms with van der Waals surface area (Å²) in [6.07, 6.45) is 1.41. The average molecular weight is 401 g/mol. The molecule has 0 spiro atoms. The van der Waals surface area contributed by atoms with Crippen LogP contribution in [0.3, 0.4) is 0 Å². The first-order chi connectivity index (χ1) is 12.0. The van der Waals surface area contributed by atoms with Crippen molar-refractivity contribution in [3.05, 3.63) is 58.2 Å². The van der Waals surface area contributed by atoms with Gasteiger partial charge in [-0.2, -0.15) is 0 Å². The molecule has 1 saturated heterocycles. The topological polar surface area (TPSA) is 77.9 Å². The molecule has 0 saturated carbocycles. The molecule has 1 aliphatic rings. The van der Waals surface area contributed by atoms with Crippen LogP contribution in [0.4, 0.5) is 5.82 Å². The van der Waals surface area contributed by atoms with Crippen molar-refractivity contribution in [1.82, 2.24) is 10.3 Å². The highest BCUT2D eigenvalue weighted by Crippen LogP contribution is 2.22. The number of aryl methyl sites for hydroxylation is 1. The van der Waals surface area contributed by atoms with E-state index in [-0.39, 0.29) is 11.9 Å². The van der Waals surface area contributed by atoms with Crippen molar-refractivity contribution < 1.29 is 4.79 Å².